The van der Waals surface area contributed by atoms with Gasteiger partial charge in [-0.05, 0) is 43.9 Å². The van der Waals surface area contributed by atoms with Crippen LogP contribution in [-0.4, -0.2) is 41.8 Å². The van der Waals surface area contributed by atoms with Crippen LogP contribution in [0, 0.1) is 6.92 Å². The molecule has 182 valence electrons. The Morgan fingerprint density at radius 3 is 2.51 bits per heavy atom. The number of piperidine rings is 1. The molecule has 2 aromatic heterocycles. The van der Waals surface area contributed by atoms with E-state index in [4.69, 9.17) is 9.84 Å². The van der Waals surface area contributed by atoms with Crippen LogP contribution in [0.3, 0.4) is 0 Å². The van der Waals surface area contributed by atoms with Crippen LogP contribution in [0.15, 0.2) is 53.3 Å². The molecule has 0 amide bonds. The summed E-state index contributed by atoms with van der Waals surface area (Å²) in [4.78, 5) is 19.9. The fraction of sp³-hybridized carbons (Fsp3) is 0.357. The normalized spacial score (nSPS) is 14.8. The van der Waals surface area contributed by atoms with Crippen molar-refractivity contribution in [2.75, 3.05) is 37.5 Å². The number of rotatable bonds is 6. The van der Waals surface area contributed by atoms with Crippen LogP contribution in [0.25, 0.3) is 16.9 Å². The molecule has 1 aliphatic heterocycles. The van der Waals surface area contributed by atoms with E-state index in [0.29, 0.717) is 0 Å². The maximum atomic E-state index is 13.9. The molecule has 1 aliphatic rings. The number of hydrogen-bond donors (Lipinski definition) is 2. The molecular weight excluding hydrogens is 438 g/mol. The second-order valence-electron chi connectivity index (χ2n) is 9.27. The van der Waals surface area contributed by atoms with Crippen LogP contribution >= 0.6 is 0 Å². The van der Waals surface area contributed by atoms with E-state index in [1.165, 1.54) is 6.42 Å². The van der Waals surface area contributed by atoms with Crippen molar-refractivity contribution >= 4 is 17.0 Å². The van der Waals surface area contributed by atoms with Crippen molar-refractivity contribution in [2.45, 2.75) is 39.0 Å². The highest BCUT2D eigenvalue weighted by Gasteiger charge is 2.26. The molecule has 2 N–H and O–H groups in total. The quantitative estimate of drug-likeness (QED) is 0.405. The van der Waals surface area contributed by atoms with Gasteiger partial charge in [0, 0.05) is 42.9 Å². The molecule has 7 nitrogen and oxygen atoms in total. The standard InChI is InChI=1S/C28H33N5O2/c1-18(21-13-14-23(35-4)22(17-21)29-3)24-19(2)30-27-26(32-15-9-6-10-16-32)25(31-33(27)28(24)34)20-11-7-5-8-12-20/h5,7-8,11-14,17-18,29-30H,6,9-10,15-16H2,1-4H3/t18-/m1/s1. The predicted molar refractivity (Wildman–Crippen MR) is 142 cm³/mol. The Balaban J connectivity index is 1.69. The summed E-state index contributed by atoms with van der Waals surface area (Å²) in [6.45, 7) is 6.00. The number of nitrogens with zero attached hydrogens (tertiary/aromatic N) is 3. The number of aryl methyl sites for hydroxylation is 1. The fourth-order valence-corrected chi connectivity index (χ4v) is 5.26. The maximum Gasteiger partial charge on any atom is 0.278 e. The summed E-state index contributed by atoms with van der Waals surface area (Å²) in [5.74, 6) is 0.652. The van der Waals surface area contributed by atoms with E-state index in [2.05, 4.69) is 34.3 Å². The average molecular weight is 472 g/mol. The van der Waals surface area contributed by atoms with Crippen LogP contribution in [0.4, 0.5) is 11.4 Å². The number of anilines is 2. The molecule has 4 aromatic rings. The third-order valence-electron chi connectivity index (χ3n) is 7.14. The van der Waals surface area contributed by atoms with Gasteiger partial charge >= 0.3 is 0 Å². The van der Waals surface area contributed by atoms with E-state index >= 15 is 0 Å². The van der Waals surface area contributed by atoms with Crippen LogP contribution in [0.5, 0.6) is 5.75 Å². The first kappa shape index (κ1) is 23.0. The molecular formula is C28H33N5O2. The molecule has 7 heteroatoms. The lowest BCUT2D eigenvalue weighted by molar-refractivity contribution is 0.416. The Morgan fingerprint density at radius 2 is 1.83 bits per heavy atom. The first-order valence-electron chi connectivity index (χ1n) is 12.3. The first-order chi connectivity index (χ1) is 17.0. The Bertz CT molecular complexity index is 1400. The summed E-state index contributed by atoms with van der Waals surface area (Å²) in [5, 5.41) is 8.08. The highest BCUT2D eigenvalue weighted by Crippen LogP contribution is 2.36. The Hall–Kier alpha value is -3.74. The number of aromatic amines is 1. The molecule has 0 bridgehead atoms. The number of ether oxygens (including phenoxy) is 1. The molecule has 35 heavy (non-hydrogen) atoms. The lowest BCUT2D eigenvalue weighted by Gasteiger charge is -2.28. The number of benzene rings is 2. The van der Waals surface area contributed by atoms with Crippen molar-refractivity contribution in [3.05, 3.63) is 75.7 Å². The minimum absolute atomic E-state index is 0.0778. The van der Waals surface area contributed by atoms with Gasteiger partial charge in [0.15, 0.2) is 5.65 Å². The van der Waals surface area contributed by atoms with Gasteiger partial charge in [0.05, 0.1) is 12.8 Å². The third-order valence-corrected chi connectivity index (χ3v) is 7.14. The van der Waals surface area contributed by atoms with Gasteiger partial charge in [-0.25, -0.2) is 0 Å². The van der Waals surface area contributed by atoms with Crippen molar-refractivity contribution in [2.24, 2.45) is 0 Å². The average Bonchev–Trinajstić information content (AvgIpc) is 3.28. The van der Waals surface area contributed by atoms with E-state index in [1.54, 1.807) is 11.6 Å². The number of aromatic nitrogens is 3. The van der Waals surface area contributed by atoms with E-state index in [1.807, 2.05) is 50.4 Å². The van der Waals surface area contributed by atoms with Crippen molar-refractivity contribution < 1.29 is 4.74 Å². The smallest absolute Gasteiger partial charge is 0.278 e. The van der Waals surface area contributed by atoms with Crippen LogP contribution in [-0.2, 0) is 0 Å². The summed E-state index contributed by atoms with van der Waals surface area (Å²) in [5.41, 5.74) is 7.11. The minimum atomic E-state index is -0.121. The van der Waals surface area contributed by atoms with Crippen molar-refractivity contribution in [3.63, 3.8) is 0 Å². The van der Waals surface area contributed by atoms with E-state index < -0.39 is 0 Å². The zero-order valence-electron chi connectivity index (χ0n) is 20.9. The largest absolute Gasteiger partial charge is 0.495 e. The van der Waals surface area contributed by atoms with Crippen molar-refractivity contribution in [1.82, 2.24) is 14.6 Å². The SMILES string of the molecule is CNc1cc([C@@H](C)c2c(C)[nH]c3c(N4CCCCC4)c(-c4ccccc4)nn3c2=O)ccc1OC. The Labute approximate surface area is 205 Å². The molecule has 0 unspecified atom stereocenters. The Morgan fingerprint density at radius 1 is 1.09 bits per heavy atom. The van der Waals surface area contributed by atoms with Crippen molar-refractivity contribution in [3.8, 4) is 17.0 Å². The summed E-state index contributed by atoms with van der Waals surface area (Å²) in [7, 11) is 3.53. The van der Waals surface area contributed by atoms with E-state index in [0.717, 1.165) is 76.8 Å². The predicted octanol–water partition coefficient (Wildman–Crippen LogP) is 5.19. The van der Waals surface area contributed by atoms with Gasteiger partial charge in [-0.3, -0.25) is 4.79 Å². The molecule has 0 saturated carbocycles. The van der Waals surface area contributed by atoms with Gasteiger partial charge in [-0.15, -0.1) is 0 Å². The highest BCUT2D eigenvalue weighted by molar-refractivity contribution is 5.86. The number of methoxy groups -OCH3 is 1. The van der Waals surface area contributed by atoms with Crippen LogP contribution in [0.2, 0.25) is 0 Å². The van der Waals surface area contributed by atoms with Gasteiger partial charge in [0.2, 0.25) is 0 Å². The maximum absolute atomic E-state index is 13.9. The number of nitrogens with one attached hydrogen (secondary N) is 2. The van der Waals surface area contributed by atoms with Gasteiger partial charge in [-0.2, -0.15) is 9.61 Å². The fourth-order valence-electron chi connectivity index (χ4n) is 5.26. The van der Waals surface area contributed by atoms with E-state index in [9.17, 15) is 4.79 Å². The van der Waals surface area contributed by atoms with Gasteiger partial charge in [0.1, 0.15) is 17.1 Å². The molecule has 1 atom stereocenters. The summed E-state index contributed by atoms with van der Waals surface area (Å²) in [6, 6.07) is 16.2. The van der Waals surface area contributed by atoms with Crippen molar-refractivity contribution in [1.29, 1.82) is 0 Å². The second-order valence-corrected chi connectivity index (χ2v) is 9.27. The molecule has 0 aliphatic carbocycles. The molecule has 2 aromatic carbocycles. The van der Waals surface area contributed by atoms with Crippen LogP contribution < -0.4 is 20.5 Å². The van der Waals surface area contributed by atoms with E-state index in [-0.39, 0.29) is 11.5 Å². The van der Waals surface area contributed by atoms with Gasteiger partial charge < -0.3 is 19.9 Å². The topological polar surface area (TPSA) is 74.7 Å². The monoisotopic (exact) mass is 471 g/mol. The molecule has 5 rings (SSSR count). The highest BCUT2D eigenvalue weighted by atomic mass is 16.5. The van der Waals surface area contributed by atoms with Gasteiger partial charge in [-0.1, -0.05) is 43.3 Å². The molecule has 1 fully saturated rings. The zero-order valence-corrected chi connectivity index (χ0v) is 20.9. The number of hydrogen-bond acceptors (Lipinski definition) is 5. The van der Waals surface area contributed by atoms with Gasteiger partial charge in [0.25, 0.3) is 5.56 Å². The Kier molecular flexibility index (Phi) is 6.24. The first-order valence-corrected chi connectivity index (χ1v) is 12.3. The lowest BCUT2D eigenvalue weighted by Crippen LogP contribution is -2.30. The lowest BCUT2D eigenvalue weighted by atomic mass is 9.92. The van der Waals surface area contributed by atoms with Crippen LogP contribution in [0.1, 0.15) is 48.9 Å². The molecule has 0 spiro atoms. The summed E-state index contributed by atoms with van der Waals surface area (Å²) in [6.07, 6.45) is 3.54. The molecule has 1 saturated heterocycles. The zero-order chi connectivity index (χ0) is 24.5. The summed E-state index contributed by atoms with van der Waals surface area (Å²) >= 11 is 0. The third kappa shape index (κ3) is 4.05. The number of H-pyrrole nitrogens is 1. The summed E-state index contributed by atoms with van der Waals surface area (Å²) < 4.78 is 7.03. The molecule has 0 radical (unpaired) electrons. The molecule has 3 heterocycles. The number of fused-ring (bicyclic) bond motifs is 1. The minimum Gasteiger partial charge on any atom is -0.495 e. The second kappa shape index (κ2) is 9.49.